The quantitative estimate of drug-likeness (QED) is 0.791. The third-order valence-corrected chi connectivity index (χ3v) is 5.69. The molecule has 0 spiro atoms. The Balaban J connectivity index is 1.96. The predicted octanol–water partition coefficient (Wildman–Crippen LogP) is 5.39. The maximum Gasteiger partial charge on any atom is 0.263 e. The van der Waals surface area contributed by atoms with Gasteiger partial charge in [-0.15, -0.1) is 11.3 Å². The maximum atomic E-state index is 12.3. The summed E-state index contributed by atoms with van der Waals surface area (Å²) >= 11 is 19.8. The number of fused-ring (bicyclic) bond motifs is 1. The molecule has 1 aliphatic rings. The van der Waals surface area contributed by atoms with Crippen LogP contribution in [0.15, 0.2) is 12.1 Å². The summed E-state index contributed by atoms with van der Waals surface area (Å²) in [5, 5.41) is 5.13. The first-order valence-electron chi connectivity index (χ1n) is 6.35. The first kappa shape index (κ1) is 14.5. The van der Waals surface area contributed by atoms with Crippen molar-refractivity contribution in [3.63, 3.8) is 0 Å². The highest BCUT2D eigenvalue weighted by Crippen LogP contribution is 2.41. The zero-order chi connectivity index (χ0) is 14.4. The summed E-state index contributed by atoms with van der Waals surface area (Å²) in [6, 6.07) is 3.60. The molecule has 1 amide bonds. The van der Waals surface area contributed by atoms with Gasteiger partial charge < -0.3 is 5.32 Å². The molecule has 6 heteroatoms. The molecule has 1 unspecified atom stereocenters. The van der Waals surface area contributed by atoms with Crippen molar-refractivity contribution in [3.05, 3.63) is 32.1 Å². The lowest BCUT2D eigenvalue weighted by atomic mass is 10.2. The average Bonchev–Trinajstić information content (AvgIpc) is 3.14. The van der Waals surface area contributed by atoms with E-state index in [-0.39, 0.29) is 11.9 Å². The minimum atomic E-state index is -0.136. The van der Waals surface area contributed by atoms with E-state index in [2.05, 4.69) is 5.32 Å². The van der Waals surface area contributed by atoms with Crippen LogP contribution in [-0.2, 0) is 0 Å². The van der Waals surface area contributed by atoms with Crippen LogP contribution in [0.1, 0.15) is 29.4 Å². The van der Waals surface area contributed by atoms with Gasteiger partial charge in [0.05, 0.1) is 10.0 Å². The number of benzene rings is 1. The molecule has 106 valence electrons. The number of thiophene rings is 1. The Kier molecular flexibility index (Phi) is 3.89. The lowest BCUT2D eigenvalue weighted by Gasteiger charge is -2.11. The van der Waals surface area contributed by atoms with Gasteiger partial charge in [0.1, 0.15) is 4.88 Å². The van der Waals surface area contributed by atoms with Crippen LogP contribution in [-0.4, -0.2) is 11.9 Å². The Bertz CT molecular complexity index is 693. The molecule has 1 aromatic heterocycles. The van der Waals surface area contributed by atoms with Crippen molar-refractivity contribution in [1.82, 2.24) is 5.32 Å². The Hall–Kier alpha value is -0.480. The Morgan fingerprint density at radius 3 is 2.70 bits per heavy atom. The molecule has 1 N–H and O–H groups in total. The van der Waals surface area contributed by atoms with Crippen molar-refractivity contribution in [3.8, 4) is 0 Å². The number of rotatable bonds is 3. The van der Waals surface area contributed by atoms with Crippen LogP contribution < -0.4 is 5.32 Å². The van der Waals surface area contributed by atoms with E-state index < -0.39 is 0 Å². The van der Waals surface area contributed by atoms with Gasteiger partial charge >= 0.3 is 0 Å². The Morgan fingerprint density at radius 1 is 1.35 bits per heavy atom. The van der Waals surface area contributed by atoms with Crippen LogP contribution in [0.2, 0.25) is 15.1 Å². The van der Waals surface area contributed by atoms with E-state index in [1.807, 2.05) is 6.92 Å². The van der Waals surface area contributed by atoms with Gasteiger partial charge in [-0.2, -0.15) is 0 Å². The molecule has 0 bridgehead atoms. The summed E-state index contributed by atoms with van der Waals surface area (Å²) < 4.78 is 0.830. The molecule has 20 heavy (non-hydrogen) atoms. The SMILES string of the molecule is CC(NC(=O)c1sc2cc(Cl)cc(Cl)c2c1Cl)C1CC1. The Labute approximate surface area is 136 Å². The van der Waals surface area contributed by atoms with Gasteiger partial charge in [-0.3, -0.25) is 4.79 Å². The van der Waals surface area contributed by atoms with E-state index in [4.69, 9.17) is 34.8 Å². The summed E-state index contributed by atoms with van der Waals surface area (Å²) in [5.74, 6) is 0.466. The van der Waals surface area contributed by atoms with Crippen LogP contribution in [0.25, 0.3) is 10.1 Å². The molecular weight excluding hydrogens is 337 g/mol. The fraction of sp³-hybridized carbons (Fsp3) is 0.357. The molecular formula is C14H12Cl3NOS. The fourth-order valence-corrected chi connectivity index (χ4v) is 4.53. The van der Waals surface area contributed by atoms with E-state index in [0.29, 0.717) is 31.2 Å². The smallest absolute Gasteiger partial charge is 0.263 e. The number of amides is 1. The van der Waals surface area contributed by atoms with Crippen molar-refractivity contribution in [2.24, 2.45) is 5.92 Å². The zero-order valence-corrected chi connectivity index (χ0v) is 13.8. The highest BCUT2D eigenvalue weighted by atomic mass is 35.5. The highest BCUT2D eigenvalue weighted by molar-refractivity contribution is 7.21. The second-order valence-corrected chi connectivity index (χ2v) is 7.38. The molecule has 0 aliphatic heterocycles. The zero-order valence-electron chi connectivity index (χ0n) is 10.7. The number of halogens is 3. The molecule has 1 atom stereocenters. The van der Waals surface area contributed by atoms with E-state index in [1.165, 1.54) is 24.2 Å². The van der Waals surface area contributed by atoms with Gasteiger partial charge in [-0.05, 0) is 37.8 Å². The van der Waals surface area contributed by atoms with Gasteiger partial charge in [-0.25, -0.2) is 0 Å². The highest BCUT2D eigenvalue weighted by Gasteiger charge is 2.30. The van der Waals surface area contributed by atoms with Crippen LogP contribution >= 0.6 is 46.1 Å². The second-order valence-electron chi connectivity index (χ2n) is 5.11. The fourth-order valence-electron chi connectivity index (χ4n) is 2.24. The molecule has 1 saturated carbocycles. The molecule has 1 aliphatic carbocycles. The third-order valence-electron chi connectivity index (χ3n) is 3.54. The number of nitrogens with one attached hydrogen (secondary N) is 1. The lowest BCUT2D eigenvalue weighted by molar-refractivity contribution is 0.0940. The van der Waals surface area contributed by atoms with Gasteiger partial charge in [-0.1, -0.05) is 34.8 Å². The number of carbonyl (C=O) groups excluding carboxylic acids is 1. The van der Waals surface area contributed by atoms with E-state index in [0.717, 1.165) is 4.70 Å². The third kappa shape index (κ3) is 2.64. The largest absolute Gasteiger partial charge is 0.349 e. The lowest BCUT2D eigenvalue weighted by Crippen LogP contribution is -2.33. The molecule has 3 rings (SSSR count). The summed E-state index contributed by atoms with van der Waals surface area (Å²) in [4.78, 5) is 12.8. The molecule has 1 fully saturated rings. The number of hydrogen-bond donors (Lipinski definition) is 1. The van der Waals surface area contributed by atoms with Crippen molar-refractivity contribution in [2.75, 3.05) is 0 Å². The van der Waals surface area contributed by atoms with E-state index in [9.17, 15) is 4.79 Å². The first-order valence-corrected chi connectivity index (χ1v) is 8.30. The Morgan fingerprint density at radius 2 is 2.05 bits per heavy atom. The summed E-state index contributed by atoms with van der Waals surface area (Å²) in [7, 11) is 0. The van der Waals surface area contributed by atoms with Crippen molar-refractivity contribution < 1.29 is 4.79 Å². The standard InChI is InChI=1S/C14H12Cl3NOS/c1-6(7-2-3-7)18-14(19)13-12(17)11-9(16)4-8(15)5-10(11)20-13/h4-7H,2-3H2,1H3,(H,18,19). The van der Waals surface area contributed by atoms with Crippen LogP contribution in [0.3, 0.4) is 0 Å². The minimum absolute atomic E-state index is 0.136. The van der Waals surface area contributed by atoms with E-state index >= 15 is 0 Å². The topological polar surface area (TPSA) is 29.1 Å². The van der Waals surface area contributed by atoms with Crippen LogP contribution in [0.5, 0.6) is 0 Å². The van der Waals surface area contributed by atoms with Crippen molar-refractivity contribution >= 4 is 62.1 Å². The molecule has 0 saturated heterocycles. The van der Waals surface area contributed by atoms with Gasteiger partial charge in [0.15, 0.2) is 0 Å². The van der Waals surface area contributed by atoms with E-state index in [1.54, 1.807) is 12.1 Å². The van der Waals surface area contributed by atoms with Crippen molar-refractivity contribution in [2.45, 2.75) is 25.8 Å². The molecule has 2 nitrogen and oxygen atoms in total. The average molecular weight is 349 g/mol. The van der Waals surface area contributed by atoms with Gasteiger partial charge in [0.25, 0.3) is 5.91 Å². The molecule has 0 radical (unpaired) electrons. The van der Waals surface area contributed by atoms with Gasteiger partial charge in [0.2, 0.25) is 0 Å². The molecule has 1 aromatic carbocycles. The summed E-state index contributed by atoms with van der Waals surface area (Å²) in [5.41, 5.74) is 0. The first-order chi connectivity index (χ1) is 9.47. The maximum absolute atomic E-state index is 12.3. The number of carbonyl (C=O) groups is 1. The number of hydrogen-bond acceptors (Lipinski definition) is 2. The minimum Gasteiger partial charge on any atom is -0.349 e. The normalized spacial score (nSPS) is 16.4. The second kappa shape index (κ2) is 5.38. The predicted molar refractivity (Wildman–Crippen MR) is 86.5 cm³/mol. The van der Waals surface area contributed by atoms with Crippen LogP contribution in [0, 0.1) is 5.92 Å². The molecule has 2 aromatic rings. The van der Waals surface area contributed by atoms with Crippen LogP contribution in [0.4, 0.5) is 0 Å². The summed E-state index contributed by atoms with van der Waals surface area (Å²) in [6.07, 6.45) is 2.37. The van der Waals surface area contributed by atoms with Crippen molar-refractivity contribution in [1.29, 1.82) is 0 Å². The summed E-state index contributed by atoms with van der Waals surface area (Å²) in [6.45, 7) is 2.03. The van der Waals surface area contributed by atoms with Gasteiger partial charge in [0, 0.05) is 21.2 Å². The molecule has 1 heterocycles. The monoisotopic (exact) mass is 347 g/mol.